The molecule has 1 atom stereocenters. The van der Waals surface area contributed by atoms with Gasteiger partial charge < -0.3 is 10.4 Å². The summed E-state index contributed by atoms with van der Waals surface area (Å²) in [5, 5.41) is 13.0. The summed E-state index contributed by atoms with van der Waals surface area (Å²) in [4.78, 5) is 0. The van der Waals surface area contributed by atoms with E-state index in [0.29, 0.717) is 5.92 Å². The van der Waals surface area contributed by atoms with Crippen LogP contribution in [0.25, 0.3) is 0 Å². The van der Waals surface area contributed by atoms with E-state index >= 15 is 0 Å². The van der Waals surface area contributed by atoms with Gasteiger partial charge in [0.1, 0.15) is 0 Å². The number of hydrogen-bond donors (Lipinski definition) is 2. The molecule has 2 nitrogen and oxygen atoms in total. The Bertz CT molecular complexity index is 194. The summed E-state index contributed by atoms with van der Waals surface area (Å²) in [6.45, 7) is 10.1. The first-order valence-corrected chi connectivity index (χ1v) is 8.40. The van der Waals surface area contributed by atoms with E-state index in [9.17, 15) is 5.11 Å². The highest BCUT2D eigenvalue weighted by molar-refractivity contribution is 4.83. The van der Waals surface area contributed by atoms with Crippen molar-refractivity contribution in [3.8, 4) is 0 Å². The molecule has 0 aromatic carbocycles. The molecule has 2 heteroatoms. The topological polar surface area (TPSA) is 32.3 Å². The van der Waals surface area contributed by atoms with Crippen molar-refractivity contribution >= 4 is 0 Å². The fourth-order valence-corrected chi connectivity index (χ4v) is 2.74. The minimum Gasteiger partial charge on any atom is -0.394 e. The monoisotopic (exact) mass is 271 g/mol. The highest BCUT2D eigenvalue weighted by Crippen LogP contribution is 2.16. The van der Waals surface area contributed by atoms with Gasteiger partial charge in [-0.25, -0.2) is 0 Å². The van der Waals surface area contributed by atoms with Gasteiger partial charge in [0.25, 0.3) is 0 Å². The van der Waals surface area contributed by atoms with Crippen LogP contribution in [0.4, 0.5) is 0 Å². The average molecular weight is 271 g/mol. The first kappa shape index (κ1) is 18.9. The molecule has 0 saturated heterocycles. The molecule has 0 fully saturated rings. The lowest BCUT2D eigenvalue weighted by atomic mass is 9.91. The van der Waals surface area contributed by atoms with E-state index in [2.05, 4.69) is 33.0 Å². The molecule has 116 valence electrons. The molecule has 0 spiro atoms. The third-order valence-corrected chi connectivity index (χ3v) is 3.79. The lowest BCUT2D eigenvalue weighted by molar-refractivity contribution is 0.152. The summed E-state index contributed by atoms with van der Waals surface area (Å²) >= 11 is 0. The van der Waals surface area contributed by atoms with Crippen LogP contribution in [-0.4, -0.2) is 23.8 Å². The Morgan fingerprint density at radius 2 is 1.47 bits per heavy atom. The van der Waals surface area contributed by atoms with Gasteiger partial charge in [0, 0.05) is 5.54 Å². The summed E-state index contributed by atoms with van der Waals surface area (Å²) in [5.41, 5.74) is -0.0880. The van der Waals surface area contributed by atoms with Crippen molar-refractivity contribution in [2.75, 3.05) is 13.2 Å². The average Bonchev–Trinajstić information content (AvgIpc) is 2.36. The minimum absolute atomic E-state index is 0.0880. The first-order chi connectivity index (χ1) is 9.04. The van der Waals surface area contributed by atoms with Gasteiger partial charge in [-0.2, -0.15) is 0 Å². The van der Waals surface area contributed by atoms with E-state index in [1.54, 1.807) is 0 Å². The predicted molar refractivity (Wildman–Crippen MR) is 85.6 cm³/mol. The highest BCUT2D eigenvalue weighted by atomic mass is 16.3. The zero-order valence-electron chi connectivity index (χ0n) is 13.8. The summed E-state index contributed by atoms with van der Waals surface area (Å²) < 4.78 is 0. The molecule has 0 aromatic rings. The smallest absolute Gasteiger partial charge is 0.0610 e. The number of aliphatic hydroxyl groups is 1. The van der Waals surface area contributed by atoms with Gasteiger partial charge in [-0.3, -0.25) is 0 Å². The fourth-order valence-electron chi connectivity index (χ4n) is 2.74. The molecule has 0 rings (SSSR count). The molecule has 0 aliphatic rings. The van der Waals surface area contributed by atoms with Crippen LogP contribution in [0, 0.1) is 5.92 Å². The standard InChI is InChI=1S/C17H37NO/c1-5-6-7-8-9-10-11-12-13-18-17(4,15-19)14-16(2)3/h16,18-19H,5-15H2,1-4H3. The Hall–Kier alpha value is -0.0800. The normalized spacial score (nSPS) is 14.8. The maximum Gasteiger partial charge on any atom is 0.0610 e. The van der Waals surface area contributed by atoms with Crippen molar-refractivity contribution in [1.82, 2.24) is 5.32 Å². The fraction of sp³-hybridized carbons (Fsp3) is 1.00. The van der Waals surface area contributed by atoms with Gasteiger partial charge in [-0.15, -0.1) is 0 Å². The van der Waals surface area contributed by atoms with Crippen molar-refractivity contribution in [3.63, 3.8) is 0 Å². The zero-order chi connectivity index (χ0) is 14.6. The van der Waals surface area contributed by atoms with Crippen LogP contribution in [0.2, 0.25) is 0 Å². The molecule has 2 N–H and O–H groups in total. The Morgan fingerprint density at radius 1 is 0.947 bits per heavy atom. The molecule has 0 aliphatic heterocycles. The van der Waals surface area contributed by atoms with Gasteiger partial charge in [0.05, 0.1) is 6.61 Å². The molecular formula is C17H37NO. The maximum absolute atomic E-state index is 9.49. The molecule has 0 aliphatic carbocycles. The molecular weight excluding hydrogens is 234 g/mol. The molecule has 1 unspecified atom stereocenters. The summed E-state index contributed by atoms with van der Waals surface area (Å²) in [6, 6.07) is 0. The van der Waals surface area contributed by atoms with Gasteiger partial charge in [0.15, 0.2) is 0 Å². The van der Waals surface area contributed by atoms with Gasteiger partial charge in [0.2, 0.25) is 0 Å². The number of rotatable bonds is 13. The summed E-state index contributed by atoms with van der Waals surface area (Å²) in [7, 11) is 0. The second kappa shape index (κ2) is 11.7. The molecule has 0 bridgehead atoms. The summed E-state index contributed by atoms with van der Waals surface area (Å²) in [6.07, 6.45) is 11.9. The largest absolute Gasteiger partial charge is 0.394 e. The zero-order valence-corrected chi connectivity index (χ0v) is 13.8. The molecule has 19 heavy (non-hydrogen) atoms. The van der Waals surface area contributed by atoms with Crippen LogP contribution >= 0.6 is 0 Å². The predicted octanol–water partition coefficient (Wildman–Crippen LogP) is 4.51. The van der Waals surface area contributed by atoms with Crippen molar-refractivity contribution in [1.29, 1.82) is 0 Å². The van der Waals surface area contributed by atoms with E-state index in [1.807, 2.05) is 0 Å². The SMILES string of the molecule is CCCCCCCCCCNC(C)(CO)CC(C)C. The Kier molecular flexibility index (Phi) is 11.7. The van der Waals surface area contributed by atoms with Gasteiger partial charge >= 0.3 is 0 Å². The molecule has 0 aromatic heterocycles. The van der Waals surface area contributed by atoms with Crippen molar-refractivity contribution in [3.05, 3.63) is 0 Å². The Morgan fingerprint density at radius 3 is 1.95 bits per heavy atom. The lowest BCUT2D eigenvalue weighted by Gasteiger charge is -2.30. The minimum atomic E-state index is -0.0880. The summed E-state index contributed by atoms with van der Waals surface area (Å²) in [5.74, 6) is 0.628. The van der Waals surface area contributed by atoms with E-state index in [0.717, 1.165) is 13.0 Å². The van der Waals surface area contributed by atoms with E-state index in [-0.39, 0.29) is 12.1 Å². The Balaban J connectivity index is 3.46. The lowest BCUT2D eigenvalue weighted by Crippen LogP contribution is -2.47. The quantitative estimate of drug-likeness (QED) is 0.483. The van der Waals surface area contributed by atoms with Gasteiger partial charge in [-0.1, -0.05) is 65.7 Å². The second-order valence-corrected chi connectivity index (χ2v) is 6.72. The third-order valence-electron chi connectivity index (χ3n) is 3.79. The van der Waals surface area contributed by atoms with Crippen molar-refractivity contribution < 1.29 is 5.11 Å². The highest BCUT2D eigenvalue weighted by Gasteiger charge is 2.23. The maximum atomic E-state index is 9.49. The van der Waals surface area contributed by atoms with Crippen LogP contribution in [0.15, 0.2) is 0 Å². The van der Waals surface area contributed by atoms with Crippen LogP contribution < -0.4 is 5.32 Å². The second-order valence-electron chi connectivity index (χ2n) is 6.72. The van der Waals surface area contributed by atoms with Crippen LogP contribution in [-0.2, 0) is 0 Å². The van der Waals surface area contributed by atoms with Crippen molar-refractivity contribution in [2.24, 2.45) is 5.92 Å². The van der Waals surface area contributed by atoms with Crippen LogP contribution in [0.3, 0.4) is 0 Å². The van der Waals surface area contributed by atoms with Gasteiger partial charge in [-0.05, 0) is 32.2 Å². The number of hydrogen-bond acceptors (Lipinski definition) is 2. The van der Waals surface area contributed by atoms with E-state index in [4.69, 9.17) is 0 Å². The molecule has 0 amide bonds. The van der Waals surface area contributed by atoms with Crippen molar-refractivity contribution in [2.45, 2.75) is 91.0 Å². The van der Waals surface area contributed by atoms with Crippen LogP contribution in [0.1, 0.15) is 85.5 Å². The Labute approximate surface area is 121 Å². The van der Waals surface area contributed by atoms with Crippen LogP contribution in [0.5, 0.6) is 0 Å². The molecule has 0 radical (unpaired) electrons. The molecule has 0 saturated carbocycles. The number of aliphatic hydroxyl groups excluding tert-OH is 1. The van der Waals surface area contributed by atoms with E-state index < -0.39 is 0 Å². The number of unbranched alkanes of at least 4 members (excludes halogenated alkanes) is 7. The molecule has 0 heterocycles. The number of nitrogens with one attached hydrogen (secondary N) is 1. The first-order valence-electron chi connectivity index (χ1n) is 8.40. The third kappa shape index (κ3) is 11.4. The van der Waals surface area contributed by atoms with E-state index in [1.165, 1.54) is 51.4 Å².